The molecule has 0 fully saturated rings. The van der Waals surface area contributed by atoms with Crippen LogP contribution < -0.4 is 9.47 Å². The largest absolute Gasteiger partial charge is 0.486 e. The third kappa shape index (κ3) is 3.67. The van der Waals surface area contributed by atoms with Crippen LogP contribution in [-0.4, -0.2) is 32.5 Å². The van der Waals surface area contributed by atoms with Crippen LogP contribution >= 0.6 is 12.4 Å². The molecule has 3 aromatic rings. The van der Waals surface area contributed by atoms with Gasteiger partial charge in [-0.15, -0.1) is 12.4 Å². The molecule has 1 aliphatic rings. The first-order valence-corrected chi connectivity index (χ1v) is 9.10. The molecule has 4 rings (SSSR count). The molecule has 144 valence electrons. The Morgan fingerprint density at radius 3 is 2.63 bits per heavy atom. The Balaban J connectivity index is 0.00000210. The van der Waals surface area contributed by atoms with Crippen molar-refractivity contribution in [1.29, 1.82) is 0 Å². The van der Waals surface area contributed by atoms with Crippen LogP contribution in [0.25, 0.3) is 11.3 Å². The third-order valence-electron chi connectivity index (χ3n) is 4.90. The van der Waals surface area contributed by atoms with E-state index in [9.17, 15) is 0 Å². The minimum Gasteiger partial charge on any atom is -0.486 e. The lowest BCUT2D eigenvalue weighted by Gasteiger charge is -2.19. The average Bonchev–Trinajstić information content (AvgIpc) is 3.23. The first kappa shape index (κ1) is 19.3. The second-order valence-corrected chi connectivity index (χ2v) is 6.56. The molecule has 0 unspecified atom stereocenters. The molecule has 7 heteroatoms. The summed E-state index contributed by atoms with van der Waals surface area (Å²) in [5.41, 5.74) is 5.77. The summed E-state index contributed by atoms with van der Waals surface area (Å²) in [6.07, 6.45) is 4.73. The highest BCUT2D eigenvalue weighted by Gasteiger charge is 2.17. The van der Waals surface area contributed by atoms with Crippen LogP contribution in [-0.2, 0) is 19.5 Å². The van der Waals surface area contributed by atoms with Crippen molar-refractivity contribution in [2.24, 2.45) is 0 Å². The van der Waals surface area contributed by atoms with E-state index in [1.807, 2.05) is 23.3 Å². The first-order valence-electron chi connectivity index (χ1n) is 9.10. The summed E-state index contributed by atoms with van der Waals surface area (Å²) in [7, 11) is 0. The average molecular weight is 389 g/mol. The molecule has 0 saturated carbocycles. The number of hydrogen-bond acceptors (Lipinski definition) is 4. The van der Waals surface area contributed by atoms with E-state index in [1.165, 1.54) is 16.8 Å². The van der Waals surface area contributed by atoms with Gasteiger partial charge >= 0.3 is 0 Å². The Hall–Kier alpha value is -2.47. The number of imidazole rings is 1. The lowest BCUT2D eigenvalue weighted by molar-refractivity contribution is 0.171. The Morgan fingerprint density at radius 1 is 1.11 bits per heavy atom. The molecule has 0 bridgehead atoms. The molecule has 3 heterocycles. The third-order valence-corrected chi connectivity index (χ3v) is 4.90. The van der Waals surface area contributed by atoms with E-state index >= 15 is 0 Å². The Kier molecular flexibility index (Phi) is 5.75. The molecule has 0 saturated heterocycles. The molecular weight excluding hydrogens is 364 g/mol. The molecule has 1 aromatic carbocycles. The van der Waals surface area contributed by atoms with Crippen LogP contribution in [0.3, 0.4) is 0 Å². The summed E-state index contributed by atoms with van der Waals surface area (Å²) >= 11 is 0. The predicted molar refractivity (Wildman–Crippen MR) is 107 cm³/mol. The second-order valence-electron chi connectivity index (χ2n) is 6.56. The molecule has 6 nitrogen and oxygen atoms in total. The maximum atomic E-state index is 5.69. The minimum atomic E-state index is 0. The molecule has 27 heavy (non-hydrogen) atoms. The smallest absolute Gasteiger partial charge is 0.161 e. The SMILES string of the molecule is CCn1nc(C)c(-c2cncn2CCc2ccc3c(c2)OCCO3)c1C.Cl. The number of benzene rings is 1. The molecule has 2 aromatic heterocycles. The number of aromatic nitrogens is 4. The summed E-state index contributed by atoms with van der Waals surface area (Å²) in [4.78, 5) is 4.38. The molecule has 0 aliphatic carbocycles. The van der Waals surface area contributed by atoms with Crippen molar-refractivity contribution in [3.8, 4) is 22.8 Å². The summed E-state index contributed by atoms with van der Waals surface area (Å²) in [6, 6.07) is 6.19. The number of rotatable bonds is 5. The summed E-state index contributed by atoms with van der Waals surface area (Å²) in [5, 5.41) is 4.64. The van der Waals surface area contributed by atoms with E-state index in [-0.39, 0.29) is 12.4 Å². The van der Waals surface area contributed by atoms with Crippen LogP contribution in [0, 0.1) is 13.8 Å². The fraction of sp³-hybridized carbons (Fsp3) is 0.400. The van der Waals surface area contributed by atoms with Crippen molar-refractivity contribution in [2.45, 2.75) is 40.3 Å². The predicted octanol–water partition coefficient (Wildman–Crippen LogP) is 3.82. The van der Waals surface area contributed by atoms with Gasteiger partial charge in [0.2, 0.25) is 0 Å². The van der Waals surface area contributed by atoms with E-state index in [0.29, 0.717) is 13.2 Å². The van der Waals surface area contributed by atoms with Crippen molar-refractivity contribution in [3.63, 3.8) is 0 Å². The van der Waals surface area contributed by atoms with Gasteiger partial charge in [0.1, 0.15) is 13.2 Å². The van der Waals surface area contributed by atoms with Gasteiger partial charge in [-0.3, -0.25) is 4.68 Å². The fourth-order valence-electron chi connectivity index (χ4n) is 3.58. The normalized spacial score (nSPS) is 12.7. The van der Waals surface area contributed by atoms with Gasteiger partial charge in [0.15, 0.2) is 11.5 Å². The van der Waals surface area contributed by atoms with Gasteiger partial charge in [-0.2, -0.15) is 5.10 Å². The number of nitrogens with zero attached hydrogens (tertiary/aromatic N) is 4. The van der Waals surface area contributed by atoms with Crippen LogP contribution in [0.2, 0.25) is 0 Å². The van der Waals surface area contributed by atoms with Crippen molar-refractivity contribution in [2.75, 3.05) is 13.2 Å². The highest BCUT2D eigenvalue weighted by Crippen LogP contribution is 2.31. The molecule has 0 N–H and O–H groups in total. The fourth-order valence-corrected chi connectivity index (χ4v) is 3.58. The summed E-state index contributed by atoms with van der Waals surface area (Å²) in [6.45, 7) is 9.26. The number of ether oxygens (including phenoxy) is 2. The van der Waals surface area contributed by atoms with Crippen LogP contribution in [0.4, 0.5) is 0 Å². The first-order chi connectivity index (χ1) is 12.7. The van der Waals surface area contributed by atoms with E-state index < -0.39 is 0 Å². The molecule has 0 amide bonds. The number of hydrogen-bond donors (Lipinski definition) is 0. The zero-order valence-electron chi connectivity index (χ0n) is 15.9. The molecule has 1 aliphatic heterocycles. The lowest BCUT2D eigenvalue weighted by atomic mass is 10.1. The zero-order chi connectivity index (χ0) is 18.1. The highest BCUT2D eigenvalue weighted by molar-refractivity contribution is 5.85. The molecular formula is C20H25ClN4O2. The van der Waals surface area contributed by atoms with Gasteiger partial charge < -0.3 is 14.0 Å². The van der Waals surface area contributed by atoms with Crippen molar-refractivity contribution < 1.29 is 9.47 Å². The van der Waals surface area contributed by atoms with Crippen LogP contribution in [0.15, 0.2) is 30.7 Å². The van der Waals surface area contributed by atoms with Gasteiger partial charge in [-0.1, -0.05) is 6.07 Å². The van der Waals surface area contributed by atoms with Crippen LogP contribution in [0.1, 0.15) is 23.9 Å². The zero-order valence-corrected chi connectivity index (χ0v) is 16.8. The van der Waals surface area contributed by atoms with Gasteiger partial charge in [-0.25, -0.2) is 4.98 Å². The second kappa shape index (κ2) is 8.05. The van der Waals surface area contributed by atoms with Crippen LogP contribution in [0.5, 0.6) is 11.5 Å². The lowest BCUT2D eigenvalue weighted by Crippen LogP contribution is -2.15. The van der Waals surface area contributed by atoms with Gasteiger partial charge in [0, 0.05) is 24.3 Å². The highest BCUT2D eigenvalue weighted by atomic mass is 35.5. The van der Waals surface area contributed by atoms with E-state index in [1.54, 1.807) is 0 Å². The van der Waals surface area contributed by atoms with Crippen molar-refractivity contribution in [1.82, 2.24) is 19.3 Å². The van der Waals surface area contributed by atoms with Crippen molar-refractivity contribution >= 4 is 12.4 Å². The van der Waals surface area contributed by atoms with Gasteiger partial charge in [-0.05, 0) is 44.9 Å². The topological polar surface area (TPSA) is 54.1 Å². The maximum Gasteiger partial charge on any atom is 0.161 e. The number of aryl methyl sites for hydroxylation is 4. The monoisotopic (exact) mass is 388 g/mol. The standard InChI is InChI=1S/C20H24N4O2.ClH/c1-4-24-15(3)20(14(2)22-24)17-12-21-13-23(17)8-7-16-5-6-18-19(11-16)26-10-9-25-18;/h5-6,11-13H,4,7-10H2,1-3H3;1H. The maximum absolute atomic E-state index is 5.69. The summed E-state index contributed by atoms with van der Waals surface area (Å²) < 4.78 is 15.5. The molecule has 0 atom stereocenters. The van der Waals surface area contributed by atoms with Gasteiger partial charge in [0.05, 0.1) is 23.9 Å². The Bertz CT molecular complexity index is 932. The Labute approximate surface area is 165 Å². The van der Waals surface area contributed by atoms with E-state index in [4.69, 9.17) is 9.47 Å². The van der Waals surface area contributed by atoms with Gasteiger partial charge in [0.25, 0.3) is 0 Å². The minimum absolute atomic E-state index is 0. The number of fused-ring (bicyclic) bond motifs is 1. The molecule has 0 spiro atoms. The number of halogens is 1. The summed E-state index contributed by atoms with van der Waals surface area (Å²) in [5.74, 6) is 1.68. The van der Waals surface area contributed by atoms with Crippen molar-refractivity contribution in [3.05, 3.63) is 47.7 Å². The van der Waals surface area contributed by atoms with E-state index in [0.717, 1.165) is 42.4 Å². The Morgan fingerprint density at radius 2 is 1.89 bits per heavy atom. The van der Waals surface area contributed by atoms with E-state index in [2.05, 4.69) is 47.6 Å². The molecule has 0 radical (unpaired) electrons. The quantitative estimate of drug-likeness (QED) is 0.666.